The quantitative estimate of drug-likeness (QED) is 0.178. The van der Waals surface area contributed by atoms with Crippen molar-refractivity contribution in [3.8, 4) is 11.3 Å². The van der Waals surface area contributed by atoms with Crippen molar-refractivity contribution in [3.63, 3.8) is 0 Å². The van der Waals surface area contributed by atoms with E-state index in [1.807, 2.05) is 0 Å². The van der Waals surface area contributed by atoms with Gasteiger partial charge in [0.05, 0.1) is 12.2 Å². The highest BCUT2D eigenvalue weighted by molar-refractivity contribution is 5.97. The van der Waals surface area contributed by atoms with Gasteiger partial charge in [0.15, 0.2) is 0 Å². The van der Waals surface area contributed by atoms with Gasteiger partial charge in [-0.3, -0.25) is 14.4 Å². The first kappa shape index (κ1) is 31.7. The summed E-state index contributed by atoms with van der Waals surface area (Å²) >= 11 is 0. The molecule has 1 aromatic heterocycles. The van der Waals surface area contributed by atoms with Gasteiger partial charge in [-0.25, -0.2) is 4.79 Å². The fourth-order valence-corrected chi connectivity index (χ4v) is 4.13. The summed E-state index contributed by atoms with van der Waals surface area (Å²) in [6, 6.07) is 14.6. The maximum atomic E-state index is 13.5. The second kappa shape index (κ2) is 14.7. The molecule has 0 unspecified atom stereocenters. The third-order valence-corrected chi connectivity index (χ3v) is 6.14. The molecule has 0 bridgehead atoms. The zero-order valence-corrected chi connectivity index (χ0v) is 22.7. The van der Waals surface area contributed by atoms with Crippen molar-refractivity contribution in [2.75, 3.05) is 6.61 Å². The number of aromatic amines is 1. The number of hydrogen-bond acceptors (Lipinski definition) is 5. The van der Waals surface area contributed by atoms with E-state index in [4.69, 9.17) is 10.5 Å². The van der Waals surface area contributed by atoms with Crippen molar-refractivity contribution in [3.05, 3.63) is 95.7 Å². The Labute approximate surface area is 240 Å². The van der Waals surface area contributed by atoms with Crippen LogP contribution in [0.15, 0.2) is 78.9 Å². The topological polar surface area (TPSA) is 143 Å². The number of alkyl halides is 3. The van der Waals surface area contributed by atoms with Gasteiger partial charge in [-0.2, -0.15) is 13.2 Å². The first-order valence-corrected chi connectivity index (χ1v) is 13.1. The summed E-state index contributed by atoms with van der Waals surface area (Å²) < 4.78 is 45.4. The highest BCUT2D eigenvalue weighted by atomic mass is 19.4. The predicted octanol–water partition coefficient (Wildman–Crippen LogP) is 3.91. The van der Waals surface area contributed by atoms with Crippen molar-refractivity contribution >= 4 is 23.7 Å². The Morgan fingerprint density at radius 3 is 2.33 bits per heavy atom. The molecule has 2 aromatic carbocycles. The van der Waals surface area contributed by atoms with Crippen molar-refractivity contribution in [1.82, 2.24) is 15.6 Å². The summed E-state index contributed by atoms with van der Waals surface area (Å²) in [5.74, 6) is -2.59. The van der Waals surface area contributed by atoms with E-state index in [0.29, 0.717) is 0 Å². The van der Waals surface area contributed by atoms with Gasteiger partial charge in [-0.1, -0.05) is 54.6 Å². The zero-order valence-electron chi connectivity index (χ0n) is 22.7. The number of rotatable bonds is 13. The van der Waals surface area contributed by atoms with Crippen LogP contribution in [0.4, 0.5) is 13.2 Å². The molecule has 0 aliphatic heterocycles. The molecule has 0 spiro atoms. The number of carbonyl (C=O) groups excluding carboxylic acids is 4. The number of nitrogens with two attached hydrogens (primary N) is 1. The Bertz CT molecular complexity index is 1420. The minimum Gasteiger partial charge on any atom is -0.463 e. The molecule has 3 aromatic rings. The first-order chi connectivity index (χ1) is 20.0. The molecule has 0 radical (unpaired) electrons. The molecule has 1 heterocycles. The van der Waals surface area contributed by atoms with Crippen molar-refractivity contribution in [2.24, 2.45) is 5.73 Å². The Morgan fingerprint density at radius 1 is 0.976 bits per heavy atom. The van der Waals surface area contributed by atoms with Crippen LogP contribution in [0.5, 0.6) is 0 Å². The van der Waals surface area contributed by atoms with E-state index in [0.717, 1.165) is 17.7 Å². The van der Waals surface area contributed by atoms with E-state index < -0.39 is 47.5 Å². The molecule has 2 atom stereocenters. The van der Waals surface area contributed by atoms with Crippen LogP contribution >= 0.6 is 0 Å². The number of hydrogen-bond donors (Lipinski definition) is 4. The van der Waals surface area contributed by atoms with Gasteiger partial charge < -0.3 is 26.1 Å². The van der Waals surface area contributed by atoms with E-state index in [9.17, 15) is 32.3 Å². The van der Waals surface area contributed by atoms with Gasteiger partial charge in [0.1, 0.15) is 11.7 Å². The molecule has 0 aliphatic rings. The number of benzene rings is 2. The molecule has 9 nitrogen and oxygen atoms in total. The van der Waals surface area contributed by atoms with Crippen LogP contribution < -0.4 is 16.4 Å². The average Bonchev–Trinajstić information content (AvgIpc) is 3.45. The Morgan fingerprint density at radius 2 is 1.67 bits per heavy atom. The maximum Gasteiger partial charge on any atom is 0.417 e. The molecule has 3 amide bonds. The lowest BCUT2D eigenvalue weighted by molar-refractivity contribution is -0.138. The molecule has 3 rings (SSSR count). The van der Waals surface area contributed by atoms with Crippen LogP contribution in [0.3, 0.4) is 0 Å². The second-order valence-corrected chi connectivity index (χ2v) is 9.28. The lowest BCUT2D eigenvalue weighted by atomic mass is 10.0. The molecule has 5 N–H and O–H groups in total. The molecule has 0 saturated heterocycles. The highest BCUT2D eigenvalue weighted by Gasteiger charge is 2.34. The molecule has 42 heavy (non-hydrogen) atoms. The third-order valence-electron chi connectivity index (χ3n) is 6.14. The van der Waals surface area contributed by atoms with Crippen LogP contribution in [0.2, 0.25) is 0 Å². The molecular weight excluding hydrogens is 553 g/mol. The Hall–Kier alpha value is -4.87. The standard InChI is InChI=1S/C30H31F3N4O5/c1-2-42-27(39)17-13-20(12-16-26(34)38)35-29(41)25(18-19-8-4-3-5-9-19)37-28(40)24-15-14-23(36-24)21-10-6-7-11-22(21)30(31,32)33/h3-11,13-15,17,20,25,36H,2,12,16,18H2,1H3,(H2,34,38)(H,35,41)(H,37,40)/t20-,25-/m0/s1. The Kier molecular flexibility index (Phi) is 11.1. The van der Waals surface area contributed by atoms with Gasteiger partial charge in [0.25, 0.3) is 5.91 Å². The molecular formula is C30H31F3N4O5. The number of primary amides is 1. The number of esters is 1. The van der Waals surface area contributed by atoms with E-state index in [1.54, 1.807) is 37.3 Å². The number of aromatic nitrogens is 1. The number of nitrogens with one attached hydrogen (secondary N) is 3. The van der Waals surface area contributed by atoms with Gasteiger partial charge in [-0.05, 0) is 37.1 Å². The van der Waals surface area contributed by atoms with Crippen molar-refractivity contribution in [1.29, 1.82) is 0 Å². The maximum absolute atomic E-state index is 13.5. The zero-order chi connectivity index (χ0) is 30.7. The monoisotopic (exact) mass is 584 g/mol. The molecule has 0 saturated carbocycles. The summed E-state index contributed by atoms with van der Waals surface area (Å²) in [6.45, 7) is 1.78. The lowest BCUT2D eigenvalue weighted by Gasteiger charge is -2.22. The predicted molar refractivity (Wildman–Crippen MR) is 149 cm³/mol. The summed E-state index contributed by atoms with van der Waals surface area (Å²) in [7, 11) is 0. The summed E-state index contributed by atoms with van der Waals surface area (Å²) in [6.07, 6.45) is -2.03. The van der Waals surface area contributed by atoms with Crippen LogP contribution in [-0.2, 0) is 31.7 Å². The summed E-state index contributed by atoms with van der Waals surface area (Å²) in [5, 5.41) is 5.35. The van der Waals surface area contributed by atoms with E-state index in [-0.39, 0.29) is 42.8 Å². The number of halogens is 3. The molecule has 0 fully saturated rings. The SMILES string of the molecule is CCOC(=O)C=C[C@H](CCC(N)=O)NC(=O)[C@H](Cc1ccccc1)NC(=O)c1ccc(-c2ccccc2C(F)(F)F)[nH]1. The van der Waals surface area contributed by atoms with Gasteiger partial charge in [0, 0.05) is 36.2 Å². The minimum absolute atomic E-state index is 0.0553. The fraction of sp³-hybridized carbons (Fsp3) is 0.267. The van der Waals surface area contributed by atoms with Gasteiger partial charge >= 0.3 is 12.1 Å². The number of carbonyl (C=O) groups is 4. The minimum atomic E-state index is -4.60. The number of amides is 3. The molecule has 12 heteroatoms. The molecule has 0 aliphatic carbocycles. The first-order valence-electron chi connectivity index (χ1n) is 13.1. The van der Waals surface area contributed by atoms with Gasteiger partial charge in [-0.15, -0.1) is 0 Å². The number of ether oxygens (including phenoxy) is 1. The highest BCUT2D eigenvalue weighted by Crippen LogP contribution is 2.36. The average molecular weight is 585 g/mol. The normalized spacial score (nSPS) is 12.9. The summed E-state index contributed by atoms with van der Waals surface area (Å²) in [4.78, 5) is 52.4. The van der Waals surface area contributed by atoms with Crippen molar-refractivity contribution < 1.29 is 37.1 Å². The third kappa shape index (κ3) is 9.36. The van der Waals surface area contributed by atoms with E-state index in [1.165, 1.54) is 36.4 Å². The van der Waals surface area contributed by atoms with Crippen LogP contribution in [0, 0.1) is 0 Å². The fourth-order valence-electron chi connectivity index (χ4n) is 4.13. The summed E-state index contributed by atoms with van der Waals surface area (Å²) in [5.41, 5.74) is 5.00. The van der Waals surface area contributed by atoms with Gasteiger partial charge in [0.2, 0.25) is 11.8 Å². The Balaban J connectivity index is 1.83. The van der Waals surface area contributed by atoms with Crippen LogP contribution in [0.25, 0.3) is 11.3 Å². The number of H-pyrrole nitrogens is 1. The van der Waals surface area contributed by atoms with E-state index in [2.05, 4.69) is 15.6 Å². The lowest BCUT2D eigenvalue weighted by Crippen LogP contribution is -2.50. The van der Waals surface area contributed by atoms with Crippen molar-refractivity contribution in [2.45, 2.75) is 44.4 Å². The van der Waals surface area contributed by atoms with Crippen LogP contribution in [0.1, 0.15) is 41.4 Å². The largest absolute Gasteiger partial charge is 0.463 e. The smallest absolute Gasteiger partial charge is 0.417 e. The second-order valence-electron chi connectivity index (χ2n) is 9.28. The molecule has 222 valence electrons. The van der Waals surface area contributed by atoms with E-state index >= 15 is 0 Å². The van der Waals surface area contributed by atoms with Crippen LogP contribution in [-0.4, -0.2) is 47.4 Å².